The Morgan fingerprint density at radius 2 is 1.79 bits per heavy atom. The summed E-state index contributed by atoms with van der Waals surface area (Å²) in [5, 5.41) is 9.35. The highest BCUT2D eigenvalue weighted by Gasteiger charge is 2.31. The number of rotatable bonds is 4. The molecule has 0 bridgehead atoms. The van der Waals surface area contributed by atoms with Gasteiger partial charge in [-0.1, -0.05) is 27.7 Å². The van der Waals surface area contributed by atoms with Crippen molar-refractivity contribution < 1.29 is 5.11 Å². The van der Waals surface area contributed by atoms with Gasteiger partial charge in [0, 0.05) is 31.7 Å². The molecule has 1 N–H and O–H groups in total. The van der Waals surface area contributed by atoms with Crippen LogP contribution in [-0.2, 0) is 0 Å². The number of likely N-dealkylation sites (tertiary alicyclic amines) is 1. The van der Waals surface area contributed by atoms with Crippen LogP contribution in [0, 0.1) is 17.3 Å². The van der Waals surface area contributed by atoms with Crippen molar-refractivity contribution in [1.29, 1.82) is 0 Å². The normalized spacial score (nSPS) is 33.2. The molecule has 0 amide bonds. The molecule has 84 valence electrons. The molecule has 1 aliphatic heterocycles. The minimum Gasteiger partial charge on any atom is -0.396 e. The second-order valence-electron chi connectivity index (χ2n) is 5.47. The van der Waals surface area contributed by atoms with E-state index in [2.05, 4.69) is 32.6 Å². The lowest BCUT2D eigenvalue weighted by atomic mass is 9.88. The smallest absolute Gasteiger partial charge is 0.0496 e. The predicted molar refractivity (Wildman–Crippen MR) is 60.3 cm³/mol. The number of aliphatic hydroxyl groups excluding tert-OH is 1. The topological polar surface area (TPSA) is 23.5 Å². The third-order valence-corrected chi connectivity index (χ3v) is 3.90. The first-order valence-corrected chi connectivity index (χ1v) is 5.84. The molecule has 2 heteroatoms. The van der Waals surface area contributed by atoms with Crippen LogP contribution in [0.25, 0.3) is 0 Å². The average Bonchev–Trinajstić information content (AvgIpc) is 2.45. The SMILES string of the molecule is CCC(C)(CO)CN1CC(C)C(C)C1. The second kappa shape index (κ2) is 4.63. The van der Waals surface area contributed by atoms with E-state index in [1.807, 2.05) is 0 Å². The van der Waals surface area contributed by atoms with Crippen LogP contribution in [0.1, 0.15) is 34.1 Å². The maximum Gasteiger partial charge on any atom is 0.0496 e. The van der Waals surface area contributed by atoms with Crippen molar-refractivity contribution in [3.05, 3.63) is 0 Å². The number of aliphatic hydroxyl groups is 1. The Labute approximate surface area is 88.3 Å². The quantitative estimate of drug-likeness (QED) is 0.748. The summed E-state index contributed by atoms with van der Waals surface area (Å²) in [5.74, 6) is 1.63. The molecule has 1 aliphatic rings. The molecule has 1 heterocycles. The zero-order chi connectivity index (χ0) is 10.8. The van der Waals surface area contributed by atoms with Crippen molar-refractivity contribution in [3.8, 4) is 0 Å². The molecule has 3 atom stereocenters. The van der Waals surface area contributed by atoms with Crippen LogP contribution in [0.3, 0.4) is 0 Å². The zero-order valence-electron chi connectivity index (χ0n) is 10.1. The lowest BCUT2D eigenvalue weighted by Gasteiger charge is -2.31. The van der Waals surface area contributed by atoms with Gasteiger partial charge in [0.25, 0.3) is 0 Å². The van der Waals surface area contributed by atoms with Gasteiger partial charge in [0.15, 0.2) is 0 Å². The summed E-state index contributed by atoms with van der Waals surface area (Å²) >= 11 is 0. The van der Waals surface area contributed by atoms with Gasteiger partial charge in [-0.15, -0.1) is 0 Å². The first-order valence-electron chi connectivity index (χ1n) is 5.84. The monoisotopic (exact) mass is 199 g/mol. The largest absolute Gasteiger partial charge is 0.396 e. The fraction of sp³-hybridized carbons (Fsp3) is 1.00. The second-order valence-corrected chi connectivity index (χ2v) is 5.47. The zero-order valence-corrected chi connectivity index (χ0v) is 10.1. The molecule has 0 radical (unpaired) electrons. The van der Waals surface area contributed by atoms with Gasteiger partial charge in [-0.25, -0.2) is 0 Å². The summed E-state index contributed by atoms with van der Waals surface area (Å²) < 4.78 is 0. The average molecular weight is 199 g/mol. The Bertz CT molecular complexity index is 167. The van der Waals surface area contributed by atoms with E-state index in [0.29, 0.717) is 6.61 Å². The summed E-state index contributed by atoms with van der Waals surface area (Å²) in [7, 11) is 0. The minimum absolute atomic E-state index is 0.101. The lowest BCUT2D eigenvalue weighted by Crippen LogP contribution is -2.36. The van der Waals surface area contributed by atoms with E-state index in [1.54, 1.807) is 0 Å². The van der Waals surface area contributed by atoms with Crippen molar-refractivity contribution in [1.82, 2.24) is 4.90 Å². The molecule has 0 aromatic rings. The molecule has 0 spiro atoms. The molecule has 0 aromatic carbocycles. The first-order chi connectivity index (χ1) is 6.50. The molecule has 1 saturated heterocycles. The highest BCUT2D eigenvalue weighted by atomic mass is 16.3. The standard InChI is InChI=1S/C12H25NO/c1-5-12(4,9-14)8-13-6-10(2)11(3)7-13/h10-11,14H,5-9H2,1-4H3. The highest BCUT2D eigenvalue weighted by molar-refractivity contribution is 4.84. The van der Waals surface area contributed by atoms with Crippen LogP contribution in [0.15, 0.2) is 0 Å². The molecule has 0 aliphatic carbocycles. The highest BCUT2D eigenvalue weighted by Crippen LogP contribution is 2.28. The maximum atomic E-state index is 9.35. The van der Waals surface area contributed by atoms with E-state index in [0.717, 1.165) is 24.8 Å². The molecule has 0 aromatic heterocycles. The molecule has 3 unspecified atom stereocenters. The van der Waals surface area contributed by atoms with Crippen molar-refractivity contribution in [3.63, 3.8) is 0 Å². The van der Waals surface area contributed by atoms with Crippen molar-refractivity contribution in [2.75, 3.05) is 26.2 Å². The van der Waals surface area contributed by atoms with E-state index in [-0.39, 0.29) is 5.41 Å². The Morgan fingerprint density at radius 3 is 2.14 bits per heavy atom. The number of hydrogen-bond donors (Lipinski definition) is 1. The third-order valence-electron chi connectivity index (χ3n) is 3.90. The molecule has 1 rings (SSSR count). The fourth-order valence-corrected chi connectivity index (χ4v) is 2.19. The van der Waals surface area contributed by atoms with Crippen LogP contribution in [0.5, 0.6) is 0 Å². The first kappa shape index (κ1) is 12.0. The van der Waals surface area contributed by atoms with E-state index in [9.17, 15) is 5.11 Å². The summed E-state index contributed by atoms with van der Waals surface area (Å²) in [6, 6.07) is 0. The van der Waals surface area contributed by atoms with Crippen molar-refractivity contribution in [2.24, 2.45) is 17.3 Å². The molecule has 14 heavy (non-hydrogen) atoms. The number of hydrogen-bond acceptors (Lipinski definition) is 2. The molecular formula is C12H25NO. The van der Waals surface area contributed by atoms with Crippen molar-refractivity contribution >= 4 is 0 Å². The van der Waals surface area contributed by atoms with Crippen LogP contribution < -0.4 is 0 Å². The summed E-state index contributed by atoms with van der Waals surface area (Å²) in [4.78, 5) is 2.51. The van der Waals surface area contributed by atoms with Crippen LogP contribution in [0.2, 0.25) is 0 Å². The minimum atomic E-state index is 0.101. The summed E-state index contributed by atoms with van der Waals surface area (Å²) in [5.41, 5.74) is 0.101. The Kier molecular flexibility index (Phi) is 3.96. The third kappa shape index (κ3) is 2.71. The van der Waals surface area contributed by atoms with Gasteiger partial charge in [0.1, 0.15) is 0 Å². The van der Waals surface area contributed by atoms with Crippen LogP contribution in [-0.4, -0.2) is 36.2 Å². The Morgan fingerprint density at radius 1 is 1.29 bits per heavy atom. The molecule has 2 nitrogen and oxygen atoms in total. The number of nitrogens with zero attached hydrogens (tertiary/aromatic N) is 1. The Hall–Kier alpha value is -0.0800. The van der Waals surface area contributed by atoms with E-state index < -0.39 is 0 Å². The molecular weight excluding hydrogens is 174 g/mol. The van der Waals surface area contributed by atoms with Crippen LogP contribution >= 0.6 is 0 Å². The van der Waals surface area contributed by atoms with E-state index >= 15 is 0 Å². The van der Waals surface area contributed by atoms with Crippen LogP contribution in [0.4, 0.5) is 0 Å². The van der Waals surface area contributed by atoms with Gasteiger partial charge >= 0.3 is 0 Å². The van der Waals surface area contributed by atoms with Gasteiger partial charge in [0.05, 0.1) is 0 Å². The lowest BCUT2D eigenvalue weighted by molar-refractivity contribution is 0.0928. The van der Waals surface area contributed by atoms with Gasteiger partial charge in [0.2, 0.25) is 0 Å². The fourth-order valence-electron chi connectivity index (χ4n) is 2.19. The summed E-state index contributed by atoms with van der Waals surface area (Å²) in [6.07, 6.45) is 1.06. The molecule has 1 fully saturated rings. The maximum absolute atomic E-state index is 9.35. The summed E-state index contributed by atoms with van der Waals surface area (Å²) in [6.45, 7) is 12.8. The van der Waals surface area contributed by atoms with Gasteiger partial charge < -0.3 is 10.0 Å². The van der Waals surface area contributed by atoms with E-state index in [1.165, 1.54) is 13.1 Å². The van der Waals surface area contributed by atoms with Gasteiger partial charge in [-0.3, -0.25) is 0 Å². The van der Waals surface area contributed by atoms with Crippen molar-refractivity contribution in [2.45, 2.75) is 34.1 Å². The predicted octanol–water partition coefficient (Wildman–Crippen LogP) is 1.98. The van der Waals surface area contributed by atoms with Gasteiger partial charge in [-0.2, -0.15) is 0 Å². The molecule has 0 saturated carbocycles. The Balaban J connectivity index is 2.45. The van der Waals surface area contributed by atoms with E-state index in [4.69, 9.17) is 0 Å². The van der Waals surface area contributed by atoms with Gasteiger partial charge in [-0.05, 0) is 18.3 Å².